The first-order valence-corrected chi connectivity index (χ1v) is 13.5. The fourth-order valence-electron chi connectivity index (χ4n) is 2.38. The van der Waals surface area contributed by atoms with Crippen LogP contribution >= 0.6 is 0 Å². The van der Waals surface area contributed by atoms with Crippen molar-refractivity contribution in [1.82, 2.24) is 10.6 Å². The quantitative estimate of drug-likeness (QED) is 0.130. The Morgan fingerprint density at radius 3 is 1.60 bits per heavy atom. The van der Waals surface area contributed by atoms with Crippen LogP contribution in [-0.4, -0.2) is 99.5 Å². The zero-order chi connectivity index (χ0) is 22.6. The van der Waals surface area contributed by atoms with Gasteiger partial charge in [-0.25, -0.2) is 0 Å². The van der Waals surface area contributed by atoms with Gasteiger partial charge >= 0.3 is 0 Å². The van der Waals surface area contributed by atoms with Gasteiger partial charge in [-0.05, 0) is 13.5 Å². The van der Waals surface area contributed by atoms with E-state index in [1.165, 1.54) is 44.9 Å². The van der Waals surface area contributed by atoms with E-state index in [0.29, 0.717) is 13.0 Å². The van der Waals surface area contributed by atoms with Crippen molar-refractivity contribution in [2.75, 3.05) is 38.2 Å². The fourth-order valence-corrected chi connectivity index (χ4v) is 3.25. The molecule has 0 aromatic heterocycles. The predicted molar refractivity (Wildman–Crippen MR) is 122 cm³/mol. The average molecular weight is 484 g/mol. The number of hydrogen-bond donors (Lipinski definition) is 4. The summed E-state index contributed by atoms with van der Waals surface area (Å²) in [7, 11) is -6.06. The SMILES string of the molecule is CCCCCCCCCCCC(=O)CNCCS(=O)(=O)O.CNCCS(=O)(=O)O.[Na]. The van der Waals surface area contributed by atoms with E-state index in [2.05, 4.69) is 17.6 Å². The van der Waals surface area contributed by atoms with Crippen molar-refractivity contribution in [3.63, 3.8) is 0 Å². The number of rotatable bonds is 18. The summed E-state index contributed by atoms with van der Waals surface area (Å²) in [4.78, 5) is 11.5. The Morgan fingerprint density at radius 2 is 1.20 bits per heavy atom. The van der Waals surface area contributed by atoms with Crippen LogP contribution in [0.3, 0.4) is 0 Å². The van der Waals surface area contributed by atoms with E-state index in [9.17, 15) is 21.6 Å². The molecule has 0 aromatic rings. The molecule has 0 saturated heterocycles. The Balaban J connectivity index is -0.000000686. The van der Waals surface area contributed by atoms with Crippen LogP contribution in [0.25, 0.3) is 0 Å². The van der Waals surface area contributed by atoms with Crippen LogP contribution < -0.4 is 10.6 Å². The second kappa shape index (κ2) is 22.6. The van der Waals surface area contributed by atoms with Gasteiger partial charge in [0.2, 0.25) is 0 Å². The summed E-state index contributed by atoms with van der Waals surface area (Å²) in [5, 5.41) is 5.32. The minimum absolute atomic E-state index is 0. The predicted octanol–water partition coefficient (Wildman–Crippen LogP) is 1.67. The molecule has 0 fully saturated rings. The third kappa shape index (κ3) is 35.8. The zero-order valence-corrected chi connectivity index (χ0v) is 22.5. The average Bonchev–Trinajstić information content (AvgIpc) is 2.61. The number of ketones is 1. The molecule has 0 aliphatic rings. The normalized spacial score (nSPS) is 11.3. The Morgan fingerprint density at radius 1 is 0.767 bits per heavy atom. The Labute approximate surface area is 205 Å². The third-order valence-electron chi connectivity index (χ3n) is 4.03. The maximum atomic E-state index is 11.5. The van der Waals surface area contributed by atoms with E-state index in [1.54, 1.807) is 7.05 Å². The number of unbranched alkanes of at least 4 members (excludes halogenated alkanes) is 8. The van der Waals surface area contributed by atoms with E-state index in [0.717, 1.165) is 12.8 Å². The van der Waals surface area contributed by atoms with Gasteiger partial charge in [-0.3, -0.25) is 13.9 Å². The van der Waals surface area contributed by atoms with Gasteiger partial charge in [0, 0.05) is 49.1 Å². The first kappa shape index (κ1) is 35.0. The molecule has 30 heavy (non-hydrogen) atoms. The molecule has 0 unspecified atom stereocenters. The number of carbonyl (C=O) groups excluding carboxylic acids is 1. The molecule has 0 spiro atoms. The molecule has 0 atom stereocenters. The van der Waals surface area contributed by atoms with Crippen LogP contribution in [0.2, 0.25) is 0 Å². The van der Waals surface area contributed by atoms with E-state index < -0.39 is 20.2 Å². The summed E-state index contributed by atoms with van der Waals surface area (Å²) in [6.45, 7) is 2.81. The fraction of sp³-hybridized carbons (Fsp3) is 0.944. The van der Waals surface area contributed by atoms with Crippen LogP contribution in [0, 0.1) is 0 Å². The van der Waals surface area contributed by atoms with Crippen molar-refractivity contribution in [1.29, 1.82) is 0 Å². The van der Waals surface area contributed by atoms with Crippen molar-refractivity contribution in [2.45, 2.75) is 71.1 Å². The molecule has 9 nitrogen and oxygen atoms in total. The van der Waals surface area contributed by atoms with E-state index >= 15 is 0 Å². The van der Waals surface area contributed by atoms with Crippen LogP contribution in [0.5, 0.6) is 0 Å². The van der Waals surface area contributed by atoms with Crippen molar-refractivity contribution >= 4 is 55.6 Å². The minimum atomic E-state index is -3.93. The van der Waals surface area contributed by atoms with Gasteiger partial charge in [-0.1, -0.05) is 58.3 Å². The molecule has 0 bridgehead atoms. The van der Waals surface area contributed by atoms with Gasteiger partial charge in [0.05, 0.1) is 18.1 Å². The molecule has 177 valence electrons. The maximum Gasteiger partial charge on any atom is 0.266 e. The molecular weight excluding hydrogens is 443 g/mol. The minimum Gasteiger partial charge on any atom is -0.319 e. The molecule has 0 aliphatic carbocycles. The number of nitrogens with one attached hydrogen (secondary N) is 2. The second-order valence-electron chi connectivity index (χ2n) is 6.97. The topological polar surface area (TPSA) is 150 Å². The Bertz CT molecular complexity index is 600. The molecule has 1 radical (unpaired) electrons. The summed E-state index contributed by atoms with van der Waals surface area (Å²) in [6.07, 6.45) is 11.6. The van der Waals surface area contributed by atoms with Crippen molar-refractivity contribution in [3.8, 4) is 0 Å². The summed E-state index contributed by atoms with van der Waals surface area (Å²) in [5.74, 6) is -0.463. The van der Waals surface area contributed by atoms with Gasteiger partial charge in [-0.2, -0.15) is 16.8 Å². The largest absolute Gasteiger partial charge is 0.319 e. The number of hydrogen-bond acceptors (Lipinski definition) is 7. The smallest absolute Gasteiger partial charge is 0.266 e. The molecule has 0 aliphatic heterocycles. The molecule has 12 heteroatoms. The molecule has 0 aromatic carbocycles. The summed E-state index contributed by atoms with van der Waals surface area (Å²) >= 11 is 0. The second-order valence-corrected chi connectivity index (χ2v) is 10.1. The van der Waals surface area contributed by atoms with Gasteiger partial charge in [0.25, 0.3) is 20.2 Å². The molecule has 0 rings (SSSR count). The van der Waals surface area contributed by atoms with Gasteiger partial charge in [0.15, 0.2) is 0 Å². The Hall–Kier alpha value is 0.410. The van der Waals surface area contributed by atoms with E-state index in [-0.39, 0.29) is 59.9 Å². The van der Waals surface area contributed by atoms with Gasteiger partial charge < -0.3 is 10.6 Å². The van der Waals surface area contributed by atoms with Crippen molar-refractivity contribution in [3.05, 3.63) is 0 Å². The van der Waals surface area contributed by atoms with E-state index in [4.69, 9.17) is 9.11 Å². The monoisotopic (exact) mass is 483 g/mol. The molecule has 0 heterocycles. The maximum absolute atomic E-state index is 11.5. The van der Waals surface area contributed by atoms with E-state index in [1.807, 2.05) is 0 Å². The standard InChI is InChI=1S/C15H31NO4S.C3H9NO3S.Na/c1-2-3-4-5-6-7-8-9-10-11-15(17)14-16-12-13-21(18,19)20;1-4-2-3-8(5,6)7;/h16H,2-14H2,1H3,(H,18,19,20);4H,2-3H2,1H3,(H,5,6,7);. The Kier molecular flexibility index (Phi) is 26.4. The summed E-state index contributed by atoms with van der Waals surface area (Å²) in [5.41, 5.74) is 0. The number of Topliss-reactive ketones (excluding diaryl/α,β-unsaturated/α-hetero) is 1. The van der Waals surface area contributed by atoms with Crippen LogP contribution in [0.4, 0.5) is 0 Å². The number of carbonyl (C=O) groups is 1. The molecule has 4 N–H and O–H groups in total. The van der Waals surface area contributed by atoms with Gasteiger partial charge in [0.1, 0.15) is 5.78 Å². The van der Waals surface area contributed by atoms with Crippen LogP contribution in [-0.2, 0) is 25.0 Å². The van der Waals surface area contributed by atoms with Crippen LogP contribution in [0.15, 0.2) is 0 Å². The first-order valence-electron chi connectivity index (χ1n) is 10.3. The summed E-state index contributed by atoms with van der Waals surface area (Å²) in [6, 6.07) is 0. The van der Waals surface area contributed by atoms with Gasteiger partial charge in [-0.15, -0.1) is 0 Å². The molecular formula is C18H40N2NaO7S2. The first-order chi connectivity index (χ1) is 13.5. The van der Waals surface area contributed by atoms with Crippen molar-refractivity contribution < 1.29 is 30.7 Å². The zero-order valence-electron chi connectivity index (χ0n) is 18.9. The molecule has 0 amide bonds. The third-order valence-corrected chi connectivity index (χ3v) is 5.47. The summed E-state index contributed by atoms with van der Waals surface area (Å²) < 4.78 is 57.3. The van der Waals surface area contributed by atoms with Crippen molar-refractivity contribution in [2.24, 2.45) is 0 Å². The molecule has 0 saturated carbocycles. The van der Waals surface area contributed by atoms with Crippen LogP contribution in [0.1, 0.15) is 71.1 Å².